The molecule has 0 radical (unpaired) electrons. The third-order valence-electron chi connectivity index (χ3n) is 4.28. The van der Waals surface area contributed by atoms with Gasteiger partial charge in [0.1, 0.15) is 6.61 Å². The fraction of sp³-hybridized carbons (Fsp3) is 0.579. The third kappa shape index (κ3) is 5.38. The van der Waals surface area contributed by atoms with E-state index in [2.05, 4.69) is 24.0 Å². The minimum Gasteiger partial charge on any atom is -0.493 e. The van der Waals surface area contributed by atoms with Gasteiger partial charge in [-0.15, -0.1) is 0 Å². The predicted octanol–water partition coefficient (Wildman–Crippen LogP) is 4.46. The van der Waals surface area contributed by atoms with Gasteiger partial charge in [0.15, 0.2) is 11.5 Å². The van der Waals surface area contributed by atoms with Gasteiger partial charge in [0.25, 0.3) is 0 Å². The van der Waals surface area contributed by atoms with Crippen LogP contribution in [0.15, 0.2) is 30.9 Å². The molecule has 0 atom stereocenters. The Morgan fingerprint density at radius 3 is 2.55 bits per heavy atom. The lowest BCUT2D eigenvalue weighted by Crippen LogP contribution is -2.29. The van der Waals surface area contributed by atoms with E-state index in [-0.39, 0.29) is 0 Å². The summed E-state index contributed by atoms with van der Waals surface area (Å²) >= 11 is 0. The van der Waals surface area contributed by atoms with Crippen LogP contribution in [-0.2, 0) is 6.54 Å². The quantitative estimate of drug-likeness (QED) is 0.754. The molecule has 3 heteroatoms. The smallest absolute Gasteiger partial charge is 0.161 e. The second-order valence-electron chi connectivity index (χ2n) is 6.01. The first-order valence-corrected chi connectivity index (χ1v) is 8.47. The predicted molar refractivity (Wildman–Crippen MR) is 91.6 cm³/mol. The average Bonchev–Trinajstić information content (AvgIpc) is 2.52. The SMILES string of the molecule is C=CCOc1ccc(CNC2CCCCCCC2)cc1OC. The van der Waals surface area contributed by atoms with E-state index in [1.54, 1.807) is 13.2 Å². The highest BCUT2D eigenvalue weighted by Crippen LogP contribution is 2.28. The lowest BCUT2D eigenvalue weighted by molar-refractivity contribution is 0.326. The van der Waals surface area contributed by atoms with E-state index in [0.29, 0.717) is 12.6 Å². The molecule has 0 aliphatic heterocycles. The van der Waals surface area contributed by atoms with Crippen molar-refractivity contribution in [1.82, 2.24) is 5.32 Å². The average molecular weight is 303 g/mol. The number of hydrogen-bond acceptors (Lipinski definition) is 3. The van der Waals surface area contributed by atoms with Crippen molar-refractivity contribution in [3.8, 4) is 11.5 Å². The third-order valence-corrected chi connectivity index (χ3v) is 4.28. The Morgan fingerprint density at radius 2 is 1.86 bits per heavy atom. The number of benzene rings is 1. The first kappa shape index (κ1) is 16.9. The summed E-state index contributed by atoms with van der Waals surface area (Å²) in [5, 5.41) is 3.71. The van der Waals surface area contributed by atoms with Crippen LogP contribution in [0.5, 0.6) is 11.5 Å². The molecule has 1 aromatic carbocycles. The molecule has 1 saturated carbocycles. The van der Waals surface area contributed by atoms with Crippen molar-refractivity contribution < 1.29 is 9.47 Å². The van der Waals surface area contributed by atoms with Crippen molar-refractivity contribution in [3.63, 3.8) is 0 Å². The van der Waals surface area contributed by atoms with Crippen molar-refractivity contribution in [1.29, 1.82) is 0 Å². The summed E-state index contributed by atoms with van der Waals surface area (Å²) in [6.45, 7) is 5.06. The molecule has 1 aliphatic carbocycles. The first-order valence-electron chi connectivity index (χ1n) is 8.47. The number of rotatable bonds is 7. The van der Waals surface area contributed by atoms with E-state index in [0.717, 1.165) is 18.0 Å². The van der Waals surface area contributed by atoms with Crippen LogP contribution in [-0.4, -0.2) is 19.8 Å². The van der Waals surface area contributed by atoms with Gasteiger partial charge in [0, 0.05) is 12.6 Å². The molecule has 122 valence electrons. The van der Waals surface area contributed by atoms with Crippen LogP contribution in [0.1, 0.15) is 50.5 Å². The normalized spacial score (nSPS) is 16.6. The van der Waals surface area contributed by atoms with Gasteiger partial charge in [-0.2, -0.15) is 0 Å². The molecule has 0 bridgehead atoms. The van der Waals surface area contributed by atoms with E-state index < -0.39 is 0 Å². The monoisotopic (exact) mass is 303 g/mol. The van der Waals surface area contributed by atoms with E-state index >= 15 is 0 Å². The second-order valence-corrected chi connectivity index (χ2v) is 6.01. The summed E-state index contributed by atoms with van der Waals surface area (Å²) in [5.74, 6) is 1.57. The van der Waals surface area contributed by atoms with E-state index in [1.165, 1.54) is 50.5 Å². The van der Waals surface area contributed by atoms with E-state index in [9.17, 15) is 0 Å². The summed E-state index contributed by atoms with van der Waals surface area (Å²) in [4.78, 5) is 0. The zero-order valence-corrected chi connectivity index (χ0v) is 13.8. The molecule has 3 nitrogen and oxygen atoms in total. The standard InChI is InChI=1S/C19H29NO2/c1-3-13-22-18-12-11-16(14-19(18)21-2)15-20-17-9-7-5-4-6-8-10-17/h3,11-12,14,17,20H,1,4-10,13,15H2,2H3. The topological polar surface area (TPSA) is 30.5 Å². The Balaban J connectivity index is 1.89. The molecule has 0 saturated heterocycles. The molecule has 0 spiro atoms. The molecule has 0 amide bonds. The Morgan fingerprint density at radius 1 is 1.14 bits per heavy atom. The molecule has 1 aromatic rings. The summed E-state index contributed by atoms with van der Waals surface area (Å²) in [7, 11) is 1.68. The minimum absolute atomic E-state index is 0.496. The van der Waals surface area contributed by atoms with Crippen LogP contribution < -0.4 is 14.8 Å². The Hall–Kier alpha value is -1.48. The molecule has 1 fully saturated rings. The molecule has 0 aromatic heterocycles. The van der Waals surface area contributed by atoms with Crippen molar-refractivity contribution in [2.24, 2.45) is 0 Å². The van der Waals surface area contributed by atoms with Crippen LogP contribution in [0.2, 0.25) is 0 Å². The van der Waals surface area contributed by atoms with Crippen molar-refractivity contribution in [2.75, 3.05) is 13.7 Å². The van der Waals surface area contributed by atoms with Gasteiger partial charge in [-0.05, 0) is 30.5 Å². The lowest BCUT2D eigenvalue weighted by Gasteiger charge is -2.21. The van der Waals surface area contributed by atoms with Gasteiger partial charge in [-0.1, -0.05) is 50.8 Å². The number of methoxy groups -OCH3 is 1. The molecule has 1 N–H and O–H groups in total. The maximum atomic E-state index is 5.59. The van der Waals surface area contributed by atoms with E-state index in [1.807, 2.05) is 6.07 Å². The Labute approximate surface area is 134 Å². The molecule has 1 aliphatic rings. The molecule has 22 heavy (non-hydrogen) atoms. The maximum Gasteiger partial charge on any atom is 0.161 e. The number of nitrogens with one attached hydrogen (secondary N) is 1. The fourth-order valence-electron chi connectivity index (χ4n) is 3.01. The highest BCUT2D eigenvalue weighted by atomic mass is 16.5. The molecular weight excluding hydrogens is 274 g/mol. The van der Waals surface area contributed by atoms with Crippen LogP contribution in [0, 0.1) is 0 Å². The van der Waals surface area contributed by atoms with Gasteiger partial charge in [0.2, 0.25) is 0 Å². The molecular formula is C19H29NO2. The Kier molecular flexibility index (Phi) is 7.31. The zero-order chi connectivity index (χ0) is 15.6. The lowest BCUT2D eigenvalue weighted by atomic mass is 9.96. The highest BCUT2D eigenvalue weighted by Gasteiger charge is 2.11. The van der Waals surface area contributed by atoms with Gasteiger partial charge in [0.05, 0.1) is 7.11 Å². The van der Waals surface area contributed by atoms with E-state index in [4.69, 9.17) is 9.47 Å². The highest BCUT2D eigenvalue weighted by molar-refractivity contribution is 5.43. The van der Waals surface area contributed by atoms with Crippen LogP contribution >= 0.6 is 0 Å². The van der Waals surface area contributed by atoms with Gasteiger partial charge < -0.3 is 14.8 Å². The van der Waals surface area contributed by atoms with Gasteiger partial charge in [-0.25, -0.2) is 0 Å². The maximum absolute atomic E-state index is 5.59. The largest absolute Gasteiger partial charge is 0.493 e. The fourth-order valence-corrected chi connectivity index (χ4v) is 3.01. The van der Waals surface area contributed by atoms with Gasteiger partial charge in [-0.3, -0.25) is 0 Å². The van der Waals surface area contributed by atoms with Crippen molar-refractivity contribution >= 4 is 0 Å². The molecule has 0 heterocycles. The molecule has 0 unspecified atom stereocenters. The van der Waals surface area contributed by atoms with Crippen molar-refractivity contribution in [2.45, 2.75) is 57.5 Å². The first-order chi connectivity index (χ1) is 10.8. The summed E-state index contributed by atoms with van der Waals surface area (Å²) in [6, 6.07) is 6.81. The zero-order valence-electron chi connectivity index (χ0n) is 13.8. The minimum atomic E-state index is 0.496. The number of ether oxygens (including phenoxy) is 2. The van der Waals surface area contributed by atoms with Crippen molar-refractivity contribution in [3.05, 3.63) is 36.4 Å². The van der Waals surface area contributed by atoms with Crippen LogP contribution in [0.25, 0.3) is 0 Å². The van der Waals surface area contributed by atoms with Gasteiger partial charge >= 0.3 is 0 Å². The number of hydrogen-bond donors (Lipinski definition) is 1. The van der Waals surface area contributed by atoms with Crippen LogP contribution in [0.3, 0.4) is 0 Å². The summed E-state index contributed by atoms with van der Waals surface area (Å²) < 4.78 is 11.0. The molecule has 2 rings (SSSR count). The Bertz CT molecular complexity index is 451. The second kappa shape index (κ2) is 9.52. The summed E-state index contributed by atoms with van der Waals surface area (Å²) in [5.41, 5.74) is 1.24. The van der Waals surface area contributed by atoms with Crippen LogP contribution in [0.4, 0.5) is 0 Å². The summed E-state index contributed by atoms with van der Waals surface area (Å²) in [6.07, 6.45) is 11.3.